The molecule has 0 bridgehead atoms. The van der Waals surface area contributed by atoms with E-state index in [4.69, 9.17) is 5.11 Å². The number of rotatable bonds is 6. The van der Waals surface area contributed by atoms with Crippen molar-refractivity contribution >= 4 is 27.6 Å². The van der Waals surface area contributed by atoms with Gasteiger partial charge in [0.15, 0.2) is 0 Å². The van der Waals surface area contributed by atoms with E-state index >= 15 is 0 Å². The number of halogens is 1. The molecule has 1 aliphatic heterocycles. The molecule has 1 aliphatic rings. The van der Waals surface area contributed by atoms with E-state index in [0.717, 1.165) is 5.56 Å². The van der Waals surface area contributed by atoms with E-state index in [2.05, 4.69) is 9.71 Å². The van der Waals surface area contributed by atoms with Gasteiger partial charge in [-0.1, -0.05) is 19.1 Å². The molecule has 0 radical (unpaired) electrons. The third-order valence-corrected chi connectivity index (χ3v) is 6.56. The van der Waals surface area contributed by atoms with E-state index in [9.17, 15) is 17.6 Å². The molecule has 0 unspecified atom stereocenters. The standard InChI is InChI=1S/C20H25FN4O4S/c1-14(13-21)16-3-5-17(6-4-16)30(28,29)23-18-7-8-19(22-15(18)2)24-9-11-25(12-10-24)20(26)27/h3-8,14,23H,9-13H2,1-2H3,(H,26,27)/t14-/m1/s1. The highest BCUT2D eigenvalue weighted by Gasteiger charge is 2.22. The first kappa shape index (κ1) is 21.8. The van der Waals surface area contributed by atoms with E-state index in [1.165, 1.54) is 17.0 Å². The van der Waals surface area contributed by atoms with Crippen molar-refractivity contribution in [2.45, 2.75) is 24.7 Å². The Labute approximate surface area is 175 Å². The number of pyridine rings is 1. The van der Waals surface area contributed by atoms with E-state index in [0.29, 0.717) is 43.4 Å². The maximum absolute atomic E-state index is 12.8. The van der Waals surface area contributed by atoms with Gasteiger partial charge < -0.3 is 14.9 Å². The molecule has 10 heteroatoms. The molecule has 1 saturated heterocycles. The van der Waals surface area contributed by atoms with Crippen LogP contribution in [0.1, 0.15) is 24.1 Å². The van der Waals surface area contributed by atoms with Gasteiger partial charge in [-0.05, 0) is 36.8 Å². The number of sulfonamides is 1. The van der Waals surface area contributed by atoms with Gasteiger partial charge in [-0.2, -0.15) is 0 Å². The van der Waals surface area contributed by atoms with Crippen LogP contribution < -0.4 is 9.62 Å². The fourth-order valence-corrected chi connectivity index (χ4v) is 4.34. The third-order valence-electron chi connectivity index (χ3n) is 5.18. The van der Waals surface area contributed by atoms with Crippen molar-refractivity contribution in [1.82, 2.24) is 9.88 Å². The number of hydrogen-bond acceptors (Lipinski definition) is 5. The lowest BCUT2D eigenvalue weighted by Crippen LogP contribution is -2.48. The highest BCUT2D eigenvalue weighted by atomic mass is 32.2. The Morgan fingerprint density at radius 1 is 1.17 bits per heavy atom. The minimum absolute atomic E-state index is 0.0885. The number of alkyl halides is 1. The SMILES string of the molecule is Cc1nc(N2CCN(C(=O)O)CC2)ccc1NS(=O)(=O)c1ccc([C@H](C)CF)cc1. The second-order valence-corrected chi connectivity index (χ2v) is 8.97. The molecular weight excluding hydrogens is 411 g/mol. The zero-order valence-electron chi connectivity index (χ0n) is 16.9. The van der Waals surface area contributed by atoms with Crippen LogP contribution in [0.3, 0.4) is 0 Å². The van der Waals surface area contributed by atoms with Gasteiger partial charge in [0.1, 0.15) is 5.82 Å². The number of hydrogen-bond donors (Lipinski definition) is 2. The molecule has 1 aromatic carbocycles. The minimum Gasteiger partial charge on any atom is -0.465 e. The van der Waals surface area contributed by atoms with Crippen molar-refractivity contribution in [2.75, 3.05) is 42.5 Å². The van der Waals surface area contributed by atoms with Crippen LogP contribution in [0, 0.1) is 6.92 Å². The average Bonchev–Trinajstić information content (AvgIpc) is 2.74. The molecular formula is C20H25FN4O4S. The molecule has 1 fully saturated rings. The van der Waals surface area contributed by atoms with E-state index in [1.54, 1.807) is 38.1 Å². The van der Waals surface area contributed by atoms with Crippen molar-refractivity contribution in [3.63, 3.8) is 0 Å². The Kier molecular flexibility index (Phi) is 6.45. The fourth-order valence-electron chi connectivity index (χ4n) is 3.23. The summed E-state index contributed by atoms with van der Waals surface area (Å²) in [4.78, 5) is 18.9. The highest BCUT2D eigenvalue weighted by molar-refractivity contribution is 7.92. The number of nitrogens with zero attached hydrogens (tertiary/aromatic N) is 3. The summed E-state index contributed by atoms with van der Waals surface area (Å²) in [5, 5.41) is 9.04. The monoisotopic (exact) mass is 436 g/mol. The lowest BCUT2D eigenvalue weighted by molar-refractivity contribution is 0.142. The van der Waals surface area contributed by atoms with Crippen molar-refractivity contribution in [3.05, 3.63) is 47.7 Å². The molecule has 2 heterocycles. The summed E-state index contributed by atoms with van der Waals surface area (Å²) in [6.45, 7) is 4.76. The summed E-state index contributed by atoms with van der Waals surface area (Å²) >= 11 is 0. The molecule has 2 aromatic rings. The first-order valence-electron chi connectivity index (χ1n) is 9.60. The molecule has 1 amide bonds. The van der Waals surface area contributed by atoms with Gasteiger partial charge in [-0.15, -0.1) is 0 Å². The van der Waals surface area contributed by atoms with Gasteiger partial charge in [0, 0.05) is 32.1 Å². The Balaban J connectivity index is 1.71. The van der Waals surface area contributed by atoms with E-state index in [-0.39, 0.29) is 10.8 Å². The maximum atomic E-state index is 12.8. The molecule has 1 aromatic heterocycles. The van der Waals surface area contributed by atoms with Gasteiger partial charge in [0.25, 0.3) is 10.0 Å². The summed E-state index contributed by atoms with van der Waals surface area (Å²) in [7, 11) is -3.81. The number of anilines is 2. The number of amides is 1. The third kappa shape index (κ3) is 4.81. The first-order chi connectivity index (χ1) is 14.2. The lowest BCUT2D eigenvalue weighted by Gasteiger charge is -2.34. The summed E-state index contributed by atoms with van der Waals surface area (Å²) < 4.78 is 40.8. The first-order valence-corrected chi connectivity index (χ1v) is 11.1. The van der Waals surface area contributed by atoms with Crippen LogP contribution in [-0.4, -0.2) is 62.4 Å². The Bertz CT molecular complexity index is 1010. The molecule has 30 heavy (non-hydrogen) atoms. The minimum atomic E-state index is -3.81. The van der Waals surface area contributed by atoms with Gasteiger partial charge in [-0.25, -0.2) is 18.2 Å². The predicted molar refractivity (Wildman–Crippen MR) is 112 cm³/mol. The zero-order chi connectivity index (χ0) is 21.9. The number of benzene rings is 1. The van der Waals surface area contributed by atoms with Crippen LogP contribution >= 0.6 is 0 Å². The number of piperazine rings is 1. The second kappa shape index (κ2) is 8.86. The van der Waals surface area contributed by atoms with Gasteiger partial charge >= 0.3 is 6.09 Å². The van der Waals surface area contributed by atoms with Crippen LogP contribution in [0.25, 0.3) is 0 Å². The van der Waals surface area contributed by atoms with Crippen LogP contribution in [0.5, 0.6) is 0 Å². The molecule has 2 N–H and O–H groups in total. The predicted octanol–water partition coefficient (Wildman–Crippen LogP) is 3.06. The molecule has 0 spiro atoms. The maximum Gasteiger partial charge on any atom is 0.407 e. The summed E-state index contributed by atoms with van der Waals surface area (Å²) in [5.74, 6) is 0.385. The number of carboxylic acid groups (broad SMARTS) is 1. The van der Waals surface area contributed by atoms with Crippen LogP contribution in [0.2, 0.25) is 0 Å². The molecule has 8 nitrogen and oxygen atoms in total. The Morgan fingerprint density at radius 3 is 2.33 bits per heavy atom. The van der Waals surface area contributed by atoms with Gasteiger partial charge in [0.05, 0.1) is 23.0 Å². The molecule has 0 aliphatic carbocycles. The van der Waals surface area contributed by atoms with E-state index < -0.39 is 22.8 Å². The summed E-state index contributed by atoms with van der Waals surface area (Å²) in [5.41, 5.74) is 1.62. The quantitative estimate of drug-likeness (QED) is 0.722. The zero-order valence-corrected chi connectivity index (χ0v) is 17.7. The van der Waals surface area contributed by atoms with Gasteiger partial charge in [0.2, 0.25) is 0 Å². The number of nitrogens with one attached hydrogen (secondary N) is 1. The smallest absolute Gasteiger partial charge is 0.407 e. The fraction of sp³-hybridized carbons (Fsp3) is 0.400. The Morgan fingerprint density at radius 2 is 1.80 bits per heavy atom. The highest BCUT2D eigenvalue weighted by Crippen LogP contribution is 2.24. The van der Waals surface area contributed by atoms with Crippen LogP contribution in [0.4, 0.5) is 20.7 Å². The molecule has 162 valence electrons. The number of aryl methyl sites for hydroxylation is 1. The average molecular weight is 437 g/mol. The molecule has 1 atom stereocenters. The van der Waals surface area contributed by atoms with E-state index in [1.807, 2.05) is 4.90 Å². The van der Waals surface area contributed by atoms with Crippen molar-refractivity contribution < 1.29 is 22.7 Å². The number of carbonyl (C=O) groups is 1. The topological polar surface area (TPSA) is 103 Å². The molecule has 3 rings (SSSR count). The molecule has 0 saturated carbocycles. The van der Waals surface area contributed by atoms with Crippen molar-refractivity contribution in [1.29, 1.82) is 0 Å². The lowest BCUT2D eigenvalue weighted by atomic mass is 10.0. The largest absolute Gasteiger partial charge is 0.465 e. The summed E-state index contributed by atoms with van der Waals surface area (Å²) in [6, 6.07) is 9.52. The second-order valence-electron chi connectivity index (χ2n) is 7.29. The van der Waals surface area contributed by atoms with Gasteiger partial charge in [-0.3, -0.25) is 9.11 Å². The van der Waals surface area contributed by atoms with Crippen LogP contribution in [0.15, 0.2) is 41.3 Å². The Hall–Kier alpha value is -2.88. The normalized spacial score (nSPS) is 15.7. The van der Waals surface area contributed by atoms with Crippen molar-refractivity contribution in [3.8, 4) is 0 Å². The van der Waals surface area contributed by atoms with Crippen LogP contribution in [-0.2, 0) is 10.0 Å². The van der Waals surface area contributed by atoms with Crippen molar-refractivity contribution in [2.24, 2.45) is 0 Å². The number of aromatic nitrogens is 1. The summed E-state index contributed by atoms with van der Waals surface area (Å²) in [6.07, 6.45) is -0.935.